The Labute approximate surface area is 130 Å². The van der Waals surface area contributed by atoms with E-state index in [-0.39, 0.29) is 6.03 Å². The van der Waals surface area contributed by atoms with E-state index in [1.54, 1.807) is 6.07 Å². The number of carbonyl (C=O) groups excluding carboxylic acids is 1. The minimum atomic E-state index is -0.531. The highest BCUT2D eigenvalue weighted by Crippen LogP contribution is 2.27. The van der Waals surface area contributed by atoms with E-state index in [4.69, 9.17) is 23.2 Å². The summed E-state index contributed by atoms with van der Waals surface area (Å²) in [7, 11) is 0. The molecule has 2 N–H and O–H groups in total. The molecule has 20 heavy (non-hydrogen) atoms. The summed E-state index contributed by atoms with van der Waals surface area (Å²) in [6, 6.07) is 5.49. The zero-order valence-corrected chi connectivity index (χ0v) is 13.3. The minimum absolute atomic E-state index is 0.141. The summed E-state index contributed by atoms with van der Waals surface area (Å²) in [6.45, 7) is 3.87. The Morgan fingerprint density at radius 2 is 1.70 bits per heavy atom. The van der Waals surface area contributed by atoms with Gasteiger partial charge >= 0.3 is 6.03 Å². The highest BCUT2D eigenvalue weighted by molar-refractivity contribution is 6.34. The summed E-state index contributed by atoms with van der Waals surface area (Å²) >= 11 is 12.0. The molecule has 5 heteroatoms. The molecular weight excluding hydrogens is 295 g/mol. The number of amides is 2. The molecule has 1 fully saturated rings. The molecule has 1 aliphatic rings. The van der Waals surface area contributed by atoms with Crippen molar-refractivity contribution in [2.45, 2.75) is 51.1 Å². The number of halogens is 2. The number of nitrogens with one attached hydrogen (secondary N) is 2. The maximum absolute atomic E-state index is 12.1. The second kappa shape index (κ2) is 6.23. The highest BCUT2D eigenvalue weighted by Gasteiger charge is 2.25. The molecule has 0 atom stereocenters. The summed E-state index contributed by atoms with van der Waals surface area (Å²) in [6.07, 6.45) is 4.52. The molecule has 110 valence electrons. The normalized spacial score (nSPS) is 16.2. The van der Waals surface area contributed by atoms with Gasteiger partial charge in [-0.1, -0.05) is 36.0 Å². The largest absolute Gasteiger partial charge is 0.335 e. The number of urea groups is 1. The van der Waals surface area contributed by atoms with Gasteiger partial charge < -0.3 is 10.6 Å². The van der Waals surface area contributed by atoms with Gasteiger partial charge in [-0.05, 0) is 50.5 Å². The van der Waals surface area contributed by atoms with Gasteiger partial charge in [0.25, 0.3) is 0 Å². The maximum Gasteiger partial charge on any atom is 0.315 e. The lowest BCUT2D eigenvalue weighted by Gasteiger charge is -2.28. The molecular formula is C15H20Cl2N2O. The van der Waals surface area contributed by atoms with Crippen LogP contribution in [-0.2, 0) is 5.54 Å². The molecule has 1 aliphatic carbocycles. The van der Waals surface area contributed by atoms with Crippen molar-refractivity contribution in [1.29, 1.82) is 0 Å². The Morgan fingerprint density at radius 1 is 1.15 bits per heavy atom. The first kappa shape index (κ1) is 15.5. The van der Waals surface area contributed by atoms with Gasteiger partial charge in [0, 0.05) is 16.1 Å². The van der Waals surface area contributed by atoms with Crippen molar-refractivity contribution in [3.63, 3.8) is 0 Å². The fraction of sp³-hybridized carbons (Fsp3) is 0.533. The van der Waals surface area contributed by atoms with Crippen molar-refractivity contribution in [3.05, 3.63) is 33.8 Å². The van der Waals surface area contributed by atoms with E-state index < -0.39 is 5.54 Å². The lowest BCUT2D eigenvalue weighted by Crippen LogP contribution is -2.48. The molecule has 0 spiro atoms. The summed E-state index contributed by atoms with van der Waals surface area (Å²) in [4.78, 5) is 12.1. The standard InChI is InChI=1S/C15H20Cl2N2O/c1-15(2,10-7-11(16)9-12(17)8-10)19-14(20)18-13-5-3-4-6-13/h7-9,13H,3-6H2,1-2H3,(H2,18,19,20). The first-order valence-electron chi connectivity index (χ1n) is 6.92. The number of hydrogen-bond donors (Lipinski definition) is 2. The predicted molar refractivity (Wildman–Crippen MR) is 83.4 cm³/mol. The van der Waals surface area contributed by atoms with Crippen molar-refractivity contribution in [2.24, 2.45) is 0 Å². The molecule has 0 radical (unpaired) electrons. The number of rotatable bonds is 3. The van der Waals surface area contributed by atoms with Crippen LogP contribution in [0.1, 0.15) is 45.1 Å². The smallest absolute Gasteiger partial charge is 0.315 e. The fourth-order valence-corrected chi connectivity index (χ4v) is 3.09. The van der Waals surface area contributed by atoms with Crippen molar-refractivity contribution in [1.82, 2.24) is 10.6 Å². The molecule has 0 bridgehead atoms. The van der Waals surface area contributed by atoms with Crippen molar-refractivity contribution in [3.8, 4) is 0 Å². The van der Waals surface area contributed by atoms with Gasteiger partial charge in [-0.25, -0.2) is 4.79 Å². The SMILES string of the molecule is CC(C)(NC(=O)NC1CCCC1)c1cc(Cl)cc(Cl)c1. The molecule has 0 saturated heterocycles. The number of carbonyl (C=O) groups is 1. The average molecular weight is 315 g/mol. The highest BCUT2D eigenvalue weighted by atomic mass is 35.5. The van der Waals surface area contributed by atoms with Crippen LogP contribution in [0.2, 0.25) is 10.0 Å². The van der Waals surface area contributed by atoms with E-state index in [0.717, 1.165) is 18.4 Å². The van der Waals surface area contributed by atoms with Crippen LogP contribution in [0.4, 0.5) is 4.79 Å². The van der Waals surface area contributed by atoms with Crippen LogP contribution in [0, 0.1) is 0 Å². The third kappa shape index (κ3) is 4.03. The predicted octanol–water partition coefficient (Wildman–Crippen LogP) is 4.47. The Bertz CT molecular complexity index is 476. The number of hydrogen-bond acceptors (Lipinski definition) is 1. The summed E-state index contributed by atoms with van der Waals surface area (Å²) < 4.78 is 0. The van der Waals surface area contributed by atoms with Gasteiger partial charge in [0.1, 0.15) is 0 Å². The van der Waals surface area contributed by atoms with E-state index in [1.807, 2.05) is 26.0 Å². The zero-order valence-electron chi connectivity index (χ0n) is 11.8. The van der Waals surface area contributed by atoms with Crippen molar-refractivity contribution >= 4 is 29.2 Å². The molecule has 3 nitrogen and oxygen atoms in total. The first-order chi connectivity index (χ1) is 9.37. The van der Waals surface area contributed by atoms with Crippen LogP contribution >= 0.6 is 23.2 Å². The van der Waals surface area contributed by atoms with Gasteiger partial charge in [-0.15, -0.1) is 0 Å². The molecule has 1 aromatic rings. The van der Waals surface area contributed by atoms with Gasteiger partial charge in [0.2, 0.25) is 0 Å². The van der Waals surface area contributed by atoms with Gasteiger partial charge in [0.15, 0.2) is 0 Å². The Hall–Kier alpha value is -0.930. The second-order valence-electron chi connectivity index (χ2n) is 5.86. The Kier molecular flexibility index (Phi) is 4.82. The minimum Gasteiger partial charge on any atom is -0.335 e. The third-order valence-electron chi connectivity index (χ3n) is 3.70. The van der Waals surface area contributed by atoms with E-state index >= 15 is 0 Å². The van der Waals surface area contributed by atoms with Crippen LogP contribution < -0.4 is 10.6 Å². The van der Waals surface area contributed by atoms with Crippen LogP contribution in [0.15, 0.2) is 18.2 Å². The van der Waals surface area contributed by atoms with Crippen molar-refractivity contribution < 1.29 is 4.79 Å². The van der Waals surface area contributed by atoms with E-state index in [2.05, 4.69) is 10.6 Å². The fourth-order valence-electron chi connectivity index (χ4n) is 2.56. The van der Waals surface area contributed by atoms with Crippen LogP contribution in [0.25, 0.3) is 0 Å². The number of benzene rings is 1. The first-order valence-corrected chi connectivity index (χ1v) is 7.68. The maximum atomic E-state index is 12.1. The molecule has 1 aromatic carbocycles. The van der Waals surface area contributed by atoms with E-state index in [9.17, 15) is 4.79 Å². The van der Waals surface area contributed by atoms with E-state index in [0.29, 0.717) is 16.1 Å². The van der Waals surface area contributed by atoms with Crippen LogP contribution in [-0.4, -0.2) is 12.1 Å². The molecule has 0 unspecified atom stereocenters. The average Bonchev–Trinajstić information content (AvgIpc) is 2.79. The summed E-state index contributed by atoms with van der Waals surface area (Å²) in [5.41, 5.74) is 0.355. The Morgan fingerprint density at radius 3 is 2.25 bits per heavy atom. The van der Waals surface area contributed by atoms with Crippen LogP contribution in [0.5, 0.6) is 0 Å². The second-order valence-corrected chi connectivity index (χ2v) is 6.74. The van der Waals surface area contributed by atoms with Crippen molar-refractivity contribution in [2.75, 3.05) is 0 Å². The topological polar surface area (TPSA) is 41.1 Å². The van der Waals surface area contributed by atoms with Gasteiger partial charge in [-0.3, -0.25) is 0 Å². The molecule has 2 amide bonds. The van der Waals surface area contributed by atoms with Gasteiger partial charge in [0.05, 0.1) is 5.54 Å². The molecule has 0 heterocycles. The quantitative estimate of drug-likeness (QED) is 0.849. The summed E-state index contributed by atoms with van der Waals surface area (Å²) in [5, 5.41) is 7.14. The Balaban J connectivity index is 2.03. The van der Waals surface area contributed by atoms with E-state index in [1.165, 1.54) is 12.8 Å². The lowest BCUT2D eigenvalue weighted by molar-refractivity contribution is 0.226. The zero-order chi connectivity index (χ0) is 14.8. The molecule has 0 aliphatic heterocycles. The molecule has 0 aromatic heterocycles. The summed E-state index contributed by atoms with van der Waals surface area (Å²) in [5.74, 6) is 0. The monoisotopic (exact) mass is 314 g/mol. The third-order valence-corrected chi connectivity index (χ3v) is 4.14. The molecule has 1 saturated carbocycles. The lowest BCUT2D eigenvalue weighted by atomic mass is 9.94. The molecule has 2 rings (SSSR count). The van der Waals surface area contributed by atoms with Crippen LogP contribution in [0.3, 0.4) is 0 Å². The van der Waals surface area contributed by atoms with Gasteiger partial charge in [-0.2, -0.15) is 0 Å².